The van der Waals surface area contributed by atoms with Gasteiger partial charge >= 0.3 is 0 Å². The summed E-state index contributed by atoms with van der Waals surface area (Å²) in [6.07, 6.45) is 3.58. The van der Waals surface area contributed by atoms with Gasteiger partial charge < -0.3 is 16.0 Å². The molecule has 0 amide bonds. The van der Waals surface area contributed by atoms with Crippen LogP contribution in [0.15, 0.2) is 47.6 Å². The third-order valence-corrected chi connectivity index (χ3v) is 7.08. The van der Waals surface area contributed by atoms with Gasteiger partial charge in [-0.15, -0.1) is 11.8 Å². The lowest BCUT2D eigenvalue weighted by Gasteiger charge is -2.28. The van der Waals surface area contributed by atoms with Crippen molar-refractivity contribution in [3.8, 4) is 11.1 Å². The van der Waals surface area contributed by atoms with Crippen molar-refractivity contribution < 1.29 is 4.39 Å². The maximum absolute atomic E-state index is 13.9. The molecule has 31 heavy (non-hydrogen) atoms. The monoisotopic (exact) mass is 477 g/mol. The molecule has 3 N–H and O–H groups in total. The summed E-state index contributed by atoms with van der Waals surface area (Å²) in [5.41, 5.74) is 8.51. The van der Waals surface area contributed by atoms with Gasteiger partial charge in [0.05, 0.1) is 9.92 Å². The fourth-order valence-electron chi connectivity index (χ4n) is 3.51. The van der Waals surface area contributed by atoms with Crippen LogP contribution in [0.2, 0.25) is 10.0 Å². The first kappa shape index (κ1) is 22.1. The number of nitrogens with one attached hydrogen (secondary N) is 1. The number of hydrogen-bond acceptors (Lipinski definition) is 6. The van der Waals surface area contributed by atoms with Crippen LogP contribution in [0, 0.1) is 5.82 Å². The van der Waals surface area contributed by atoms with Gasteiger partial charge in [0, 0.05) is 65.5 Å². The van der Waals surface area contributed by atoms with E-state index < -0.39 is 5.82 Å². The second-order valence-corrected chi connectivity index (χ2v) is 9.43. The molecule has 0 bridgehead atoms. The van der Waals surface area contributed by atoms with E-state index >= 15 is 0 Å². The zero-order chi connectivity index (χ0) is 22.0. The van der Waals surface area contributed by atoms with Gasteiger partial charge in [0.1, 0.15) is 17.5 Å². The van der Waals surface area contributed by atoms with Crippen molar-refractivity contribution >= 4 is 46.6 Å². The highest BCUT2D eigenvalue weighted by atomic mass is 35.5. The number of nitrogens with two attached hydrogens (primary N) is 1. The predicted octanol–water partition coefficient (Wildman–Crippen LogP) is 5.43. The van der Waals surface area contributed by atoms with E-state index in [-0.39, 0.29) is 10.3 Å². The number of thioether (sulfide) groups is 1. The van der Waals surface area contributed by atoms with E-state index in [1.54, 1.807) is 6.20 Å². The third kappa shape index (κ3) is 4.90. The molecule has 1 saturated heterocycles. The van der Waals surface area contributed by atoms with Gasteiger partial charge in [-0.25, -0.2) is 14.4 Å². The second kappa shape index (κ2) is 9.61. The summed E-state index contributed by atoms with van der Waals surface area (Å²) in [4.78, 5) is 12.0. The summed E-state index contributed by atoms with van der Waals surface area (Å²) in [6, 6.07) is 8.80. The number of anilines is 2. The van der Waals surface area contributed by atoms with E-state index in [1.807, 2.05) is 31.3 Å². The van der Waals surface area contributed by atoms with Crippen molar-refractivity contribution in [1.29, 1.82) is 0 Å². The van der Waals surface area contributed by atoms with Gasteiger partial charge in [-0.1, -0.05) is 23.2 Å². The number of aromatic nitrogens is 2. The average Bonchev–Trinajstić information content (AvgIpc) is 2.79. The average molecular weight is 478 g/mol. The fraction of sp³-hybridized carbons (Fsp3) is 0.273. The van der Waals surface area contributed by atoms with E-state index in [9.17, 15) is 4.39 Å². The largest absolute Gasteiger partial charge is 0.383 e. The molecule has 0 radical (unpaired) electrons. The van der Waals surface area contributed by atoms with Gasteiger partial charge in [0.2, 0.25) is 0 Å². The topological polar surface area (TPSA) is 67.1 Å². The molecule has 162 valence electrons. The molecule has 9 heteroatoms. The molecule has 3 heterocycles. The molecule has 5 nitrogen and oxygen atoms in total. The minimum atomic E-state index is -0.496. The number of rotatable bonds is 5. The van der Waals surface area contributed by atoms with Gasteiger partial charge in [0.15, 0.2) is 0 Å². The van der Waals surface area contributed by atoms with Crippen molar-refractivity contribution in [1.82, 2.24) is 15.3 Å². The Hall–Kier alpha value is -2.06. The minimum Gasteiger partial charge on any atom is -0.383 e. The SMILES string of the molecule is CC(Sc1cc(-c2ccc(N3CCNCC3)nc2)cnc1N)c1c(Cl)ccc(F)c1Cl. The first-order valence-corrected chi connectivity index (χ1v) is 11.5. The molecule has 1 aliphatic rings. The molecule has 0 aliphatic carbocycles. The maximum atomic E-state index is 13.9. The molecule has 4 rings (SSSR count). The lowest BCUT2D eigenvalue weighted by atomic mass is 10.1. The molecular formula is C22H22Cl2FN5S. The fourth-order valence-corrected chi connectivity index (χ4v) is 5.45. The molecule has 2 aromatic heterocycles. The van der Waals surface area contributed by atoms with Crippen LogP contribution in [0.25, 0.3) is 11.1 Å². The Morgan fingerprint density at radius 1 is 1.10 bits per heavy atom. The predicted molar refractivity (Wildman–Crippen MR) is 128 cm³/mol. The Balaban J connectivity index is 1.57. The van der Waals surface area contributed by atoms with Crippen LogP contribution in [-0.2, 0) is 0 Å². The maximum Gasteiger partial charge on any atom is 0.142 e. The van der Waals surface area contributed by atoms with Crippen LogP contribution in [0.5, 0.6) is 0 Å². The summed E-state index contributed by atoms with van der Waals surface area (Å²) >= 11 is 13.9. The molecule has 1 aliphatic heterocycles. The standard InChI is InChI=1S/C22H22Cl2FN5S/c1-13(20-16(23)3-4-17(25)21(20)24)31-18-10-15(12-29-22(18)26)14-2-5-19(28-11-14)30-8-6-27-7-9-30/h2-5,10-13,27H,6-9H2,1H3,(H2,26,29). The number of nitrogens with zero attached hydrogens (tertiary/aromatic N) is 3. The van der Waals surface area contributed by atoms with E-state index in [0.29, 0.717) is 16.4 Å². The quantitative estimate of drug-likeness (QED) is 0.376. The lowest BCUT2D eigenvalue weighted by molar-refractivity contribution is 0.585. The second-order valence-electron chi connectivity index (χ2n) is 7.27. The van der Waals surface area contributed by atoms with Crippen LogP contribution < -0.4 is 16.0 Å². The summed E-state index contributed by atoms with van der Waals surface area (Å²) < 4.78 is 13.9. The first-order chi connectivity index (χ1) is 14.9. The summed E-state index contributed by atoms with van der Waals surface area (Å²) in [6.45, 7) is 5.72. The Labute approximate surface area is 195 Å². The Morgan fingerprint density at radius 2 is 1.84 bits per heavy atom. The molecule has 1 atom stereocenters. The van der Waals surface area contributed by atoms with Crippen LogP contribution >= 0.6 is 35.0 Å². The van der Waals surface area contributed by atoms with Crippen molar-refractivity contribution in [3.05, 3.63) is 64.2 Å². The summed E-state index contributed by atoms with van der Waals surface area (Å²) in [7, 11) is 0. The number of pyridine rings is 2. The highest BCUT2D eigenvalue weighted by Gasteiger charge is 2.20. The highest BCUT2D eigenvalue weighted by molar-refractivity contribution is 7.99. The van der Waals surface area contributed by atoms with E-state index in [2.05, 4.69) is 20.2 Å². The van der Waals surface area contributed by atoms with Gasteiger partial charge in [-0.3, -0.25) is 0 Å². The van der Waals surface area contributed by atoms with E-state index in [0.717, 1.165) is 48.0 Å². The normalized spacial score (nSPS) is 15.2. The molecule has 3 aromatic rings. The Morgan fingerprint density at radius 3 is 2.55 bits per heavy atom. The van der Waals surface area contributed by atoms with Crippen LogP contribution in [0.4, 0.5) is 16.0 Å². The number of nitrogen functional groups attached to an aromatic ring is 1. The molecule has 1 fully saturated rings. The van der Waals surface area contributed by atoms with Crippen LogP contribution in [-0.4, -0.2) is 36.1 Å². The van der Waals surface area contributed by atoms with Gasteiger partial charge in [0.25, 0.3) is 0 Å². The van der Waals surface area contributed by atoms with Crippen molar-refractivity contribution in [3.63, 3.8) is 0 Å². The molecule has 1 aromatic carbocycles. The molecule has 1 unspecified atom stereocenters. The first-order valence-electron chi connectivity index (χ1n) is 9.91. The van der Waals surface area contributed by atoms with Crippen LogP contribution in [0.1, 0.15) is 17.7 Å². The zero-order valence-corrected chi connectivity index (χ0v) is 19.2. The number of halogens is 3. The Bertz CT molecular complexity index is 1070. The molecular weight excluding hydrogens is 456 g/mol. The third-order valence-electron chi connectivity index (χ3n) is 5.19. The summed E-state index contributed by atoms with van der Waals surface area (Å²) in [5.74, 6) is 0.867. The van der Waals surface area contributed by atoms with Gasteiger partial charge in [-0.2, -0.15) is 0 Å². The van der Waals surface area contributed by atoms with Crippen molar-refractivity contribution in [2.75, 3.05) is 36.8 Å². The smallest absolute Gasteiger partial charge is 0.142 e. The summed E-state index contributed by atoms with van der Waals surface area (Å²) in [5, 5.41) is 3.57. The van der Waals surface area contributed by atoms with Crippen molar-refractivity contribution in [2.45, 2.75) is 17.1 Å². The number of benzene rings is 1. The van der Waals surface area contributed by atoms with E-state index in [4.69, 9.17) is 28.9 Å². The Kier molecular flexibility index (Phi) is 6.86. The van der Waals surface area contributed by atoms with Gasteiger partial charge in [-0.05, 0) is 37.3 Å². The van der Waals surface area contributed by atoms with Crippen molar-refractivity contribution in [2.24, 2.45) is 0 Å². The zero-order valence-electron chi connectivity index (χ0n) is 16.9. The number of piperazine rings is 1. The molecule has 0 spiro atoms. The van der Waals surface area contributed by atoms with Crippen LogP contribution in [0.3, 0.4) is 0 Å². The van der Waals surface area contributed by atoms with E-state index in [1.165, 1.54) is 23.9 Å². The number of hydrogen-bond donors (Lipinski definition) is 2. The minimum absolute atomic E-state index is 0.0305. The lowest BCUT2D eigenvalue weighted by Crippen LogP contribution is -2.43. The highest BCUT2D eigenvalue weighted by Crippen LogP contribution is 2.44. The molecule has 0 saturated carbocycles.